The fourth-order valence-electron chi connectivity index (χ4n) is 1.92. The van der Waals surface area contributed by atoms with E-state index in [1.165, 1.54) is 23.3 Å². The second-order valence-electron chi connectivity index (χ2n) is 4.36. The Morgan fingerprint density at radius 3 is 3.06 bits per heavy atom. The first-order valence-corrected chi connectivity index (χ1v) is 9.04. The van der Waals surface area contributed by atoms with E-state index in [-0.39, 0.29) is 11.9 Å². The summed E-state index contributed by atoms with van der Waals surface area (Å²) < 4.78 is 14.6. The van der Waals surface area contributed by atoms with Gasteiger partial charge in [0.25, 0.3) is 0 Å². The van der Waals surface area contributed by atoms with Crippen LogP contribution in [-0.2, 0) is 0 Å². The van der Waals surface area contributed by atoms with E-state index >= 15 is 0 Å². The van der Waals surface area contributed by atoms with Gasteiger partial charge in [-0.1, -0.05) is 15.9 Å². The van der Waals surface area contributed by atoms with E-state index in [0.717, 1.165) is 16.6 Å². The molecule has 1 aromatic carbocycles. The van der Waals surface area contributed by atoms with Gasteiger partial charge in [-0.05, 0) is 25.1 Å². The normalized spacial score (nSPS) is 21.8. The Hall–Kier alpha value is 0.290. The van der Waals surface area contributed by atoms with Crippen molar-refractivity contribution in [2.45, 2.75) is 18.2 Å². The lowest BCUT2D eigenvalue weighted by Gasteiger charge is -2.23. The molecule has 1 heterocycles. The van der Waals surface area contributed by atoms with E-state index in [0.29, 0.717) is 5.25 Å². The zero-order valence-corrected chi connectivity index (χ0v) is 13.5. The molecule has 2 unspecified atom stereocenters. The van der Waals surface area contributed by atoms with Crippen LogP contribution in [0.25, 0.3) is 0 Å². The van der Waals surface area contributed by atoms with Gasteiger partial charge in [0.05, 0.1) is 0 Å². The lowest BCUT2D eigenvalue weighted by atomic mass is 10.1. The molecule has 100 valence electrons. The zero-order chi connectivity index (χ0) is 13.0. The van der Waals surface area contributed by atoms with Gasteiger partial charge in [-0.2, -0.15) is 23.5 Å². The van der Waals surface area contributed by atoms with Crippen LogP contribution in [0.1, 0.15) is 18.5 Å². The van der Waals surface area contributed by atoms with Crippen LogP contribution in [0.5, 0.6) is 0 Å². The second-order valence-corrected chi connectivity index (χ2v) is 7.84. The summed E-state index contributed by atoms with van der Waals surface area (Å²) in [5.41, 5.74) is 0.734. The van der Waals surface area contributed by atoms with Crippen molar-refractivity contribution < 1.29 is 4.39 Å². The van der Waals surface area contributed by atoms with E-state index < -0.39 is 0 Å². The number of halogens is 2. The Morgan fingerprint density at radius 1 is 1.50 bits per heavy atom. The van der Waals surface area contributed by atoms with Crippen molar-refractivity contribution in [2.75, 3.05) is 23.8 Å². The maximum Gasteiger partial charge on any atom is 0.128 e. The summed E-state index contributed by atoms with van der Waals surface area (Å²) in [5.74, 6) is 3.56. The zero-order valence-electron chi connectivity index (χ0n) is 10.3. The minimum absolute atomic E-state index is 0.0510. The van der Waals surface area contributed by atoms with Gasteiger partial charge in [0.1, 0.15) is 5.82 Å². The molecule has 0 saturated carbocycles. The van der Waals surface area contributed by atoms with Gasteiger partial charge in [-0.3, -0.25) is 0 Å². The van der Waals surface area contributed by atoms with Gasteiger partial charge in [0.2, 0.25) is 0 Å². The summed E-state index contributed by atoms with van der Waals surface area (Å²) in [7, 11) is 0. The van der Waals surface area contributed by atoms with Crippen LogP contribution in [0.4, 0.5) is 4.39 Å². The quantitative estimate of drug-likeness (QED) is 0.879. The molecule has 0 bridgehead atoms. The SMILES string of the molecule is CC(NCC1CSCCS1)c1cc(Br)ccc1F. The van der Waals surface area contributed by atoms with E-state index in [2.05, 4.69) is 21.2 Å². The minimum Gasteiger partial charge on any atom is -0.309 e. The van der Waals surface area contributed by atoms with E-state index in [1.807, 2.05) is 36.5 Å². The van der Waals surface area contributed by atoms with Crippen LogP contribution in [0.2, 0.25) is 0 Å². The van der Waals surface area contributed by atoms with Crippen molar-refractivity contribution in [3.8, 4) is 0 Å². The van der Waals surface area contributed by atoms with Gasteiger partial charge in [0, 0.05) is 45.1 Å². The molecule has 1 saturated heterocycles. The molecular formula is C13H17BrFNS2. The molecule has 0 aliphatic carbocycles. The lowest BCUT2D eigenvalue weighted by Crippen LogP contribution is -2.31. The standard InChI is InChI=1S/C13H17BrFNS2/c1-9(12-6-10(14)2-3-13(12)15)16-7-11-8-17-4-5-18-11/h2-3,6,9,11,16H,4-5,7-8H2,1H3. The number of thioether (sulfide) groups is 2. The molecule has 5 heteroatoms. The molecule has 2 atom stereocenters. The van der Waals surface area contributed by atoms with Crippen molar-refractivity contribution in [1.29, 1.82) is 0 Å². The van der Waals surface area contributed by atoms with Crippen molar-refractivity contribution in [1.82, 2.24) is 5.32 Å². The molecule has 1 aliphatic heterocycles. The predicted octanol–water partition coefficient (Wildman–Crippen LogP) is 4.09. The van der Waals surface area contributed by atoms with Crippen LogP contribution in [-0.4, -0.2) is 29.1 Å². The highest BCUT2D eigenvalue weighted by atomic mass is 79.9. The number of hydrogen-bond acceptors (Lipinski definition) is 3. The van der Waals surface area contributed by atoms with Crippen LogP contribution >= 0.6 is 39.5 Å². The molecule has 0 amide bonds. The third-order valence-electron chi connectivity index (χ3n) is 2.96. The molecule has 0 aromatic heterocycles. The van der Waals surface area contributed by atoms with Crippen molar-refractivity contribution >= 4 is 39.5 Å². The predicted molar refractivity (Wildman–Crippen MR) is 84.1 cm³/mol. The molecule has 0 radical (unpaired) electrons. The summed E-state index contributed by atoms with van der Waals surface area (Å²) in [6.45, 7) is 2.97. The Kier molecular flexibility index (Phi) is 5.86. The number of nitrogens with one attached hydrogen (secondary N) is 1. The summed E-state index contributed by atoms with van der Waals surface area (Å²) >= 11 is 7.43. The van der Waals surface area contributed by atoms with Gasteiger partial charge in [0.15, 0.2) is 0 Å². The molecular weight excluding hydrogens is 333 g/mol. The largest absolute Gasteiger partial charge is 0.309 e. The van der Waals surface area contributed by atoms with E-state index in [4.69, 9.17) is 0 Å². The van der Waals surface area contributed by atoms with Gasteiger partial charge in [-0.15, -0.1) is 0 Å². The van der Waals surface area contributed by atoms with Gasteiger partial charge < -0.3 is 5.32 Å². The molecule has 18 heavy (non-hydrogen) atoms. The van der Waals surface area contributed by atoms with E-state index in [1.54, 1.807) is 6.07 Å². The highest BCUT2D eigenvalue weighted by Gasteiger charge is 2.17. The molecule has 1 aliphatic rings. The number of benzene rings is 1. The highest BCUT2D eigenvalue weighted by molar-refractivity contribution is 9.10. The monoisotopic (exact) mass is 349 g/mol. The first-order chi connectivity index (χ1) is 8.66. The minimum atomic E-state index is -0.135. The van der Waals surface area contributed by atoms with Crippen LogP contribution in [0.15, 0.2) is 22.7 Å². The van der Waals surface area contributed by atoms with Crippen LogP contribution in [0, 0.1) is 5.82 Å². The molecule has 1 fully saturated rings. The first-order valence-electron chi connectivity index (χ1n) is 6.04. The lowest BCUT2D eigenvalue weighted by molar-refractivity contribution is 0.530. The first kappa shape index (κ1) is 14.7. The van der Waals surface area contributed by atoms with Crippen LogP contribution < -0.4 is 5.32 Å². The average Bonchev–Trinajstić information content (AvgIpc) is 2.40. The Balaban J connectivity index is 1.90. The fourth-order valence-corrected chi connectivity index (χ4v) is 4.92. The molecule has 0 spiro atoms. The third kappa shape index (κ3) is 4.15. The van der Waals surface area contributed by atoms with Crippen molar-refractivity contribution in [3.05, 3.63) is 34.1 Å². The number of rotatable bonds is 4. The summed E-state index contributed by atoms with van der Waals surface area (Å²) in [4.78, 5) is 0. The van der Waals surface area contributed by atoms with Crippen LogP contribution in [0.3, 0.4) is 0 Å². The highest BCUT2D eigenvalue weighted by Crippen LogP contribution is 2.25. The Labute approximate surface area is 125 Å². The number of hydrogen-bond donors (Lipinski definition) is 1. The molecule has 2 rings (SSSR count). The third-order valence-corrected chi connectivity index (χ3v) is 6.30. The maximum atomic E-state index is 13.7. The summed E-state index contributed by atoms with van der Waals surface area (Å²) in [6.07, 6.45) is 0. The molecule has 1 N–H and O–H groups in total. The van der Waals surface area contributed by atoms with Crippen molar-refractivity contribution in [3.63, 3.8) is 0 Å². The Morgan fingerprint density at radius 2 is 2.33 bits per heavy atom. The smallest absolute Gasteiger partial charge is 0.128 e. The fraction of sp³-hybridized carbons (Fsp3) is 0.538. The average molecular weight is 350 g/mol. The van der Waals surface area contributed by atoms with E-state index in [9.17, 15) is 4.39 Å². The summed E-state index contributed by atoms with van der Waals surface area (Å²) in [6, 6.07) is 5.16. The topological polar surface area (TPSA) is 12.0 Å². The van der Waals surface area contributed by atoms with Gasteiger partial charge in [-0.25, -0.2) is 4.39 Å². The second kappa shape index (κ2) is 7.17. The van der Waals surface area contributed by atoms with Crippen molar-refractivity contribution in [2.24, 2.45) is 0 Å². The maximum absolute atomic E-state index is 13.7. The van der Waals surface area contributed by atoms with Gasteiger partial charge >= 0.3 is 0 Å². The summed E-state index contributed by atoms with van der Waals surface area (Å²) in [5, 5.41) is 4.10. The molecule has 1 nitrogen and oxygen atoms in total. The molecule has 1 aromatic rings. The Bertz CT molecular complexity index is 397.